The van der Waals surface area contributed by atoms with Crippen molar-refractivity contribution in [3.8, 4) is 11.5 Å². The number of carbonyl (C=O) groups is 1. The van der Waals surface area contributed by atoms with Crippen LogP contribution in [0.15, 0.2) is 42.5 Å². The van der Waals surface area contributed by atoms with Gasteiger partial charge in [0.05, 0.1) is 18.1 Å². The van der Waals surface area contributed by atoms with Gasteiger partial charge in [0, 0.05) is 5.02 Å². The Hall–Kier alpha value is -1.71. The van der Waals surface area contributed by atoms with E-state index in [-0.39, 0.29) is 12.4 Å². The van der Waals surface area contributed by atoms with E-state index in [9.17, 15) is 4.79 Å². The molecule has 0 N–H and O–H groups in total. The SMILES string of the molecule is CCOC(=O)Cc1ccc(Cl)c(Oc2cccc(Cl)c2)c1. The van der Waals surface area contributed by atoms with Gasteiger partial charge >= 0.3 is 5.97 Å². The lowest BCUT2D eigenvalue weighted by atomic mass is 10.1. The monoisotopic (exact) mass is 324 g/mol. The number of rotatable bonds is 5. The summed E-state index contributed by atoms with van der Waals surface area (Å²) in [7, 11) is 0. The van der Waals surface area contributed by atoms with Gasteiger partial charge in [-0.1, -0.05) is 35.3 Å². The molecule has 0 aliphatic rings. The van der Waals surface area contributed by atoms with Crippen LogP contribution in [-0.4, -0.2) is 12.6 Å². The molecule has 0 spiro atoms. The number of carbonyl (C=O) groups excluding carboxylic acids is 1. The van der Waals surface area contributed by atoms with Crippen molar-refractivity contribution in [2.75, 3.05) is 6.61 Å². The Balaban J connectivity index is 2.17. The molecule has 5 heteroatoms. The molecule has 0 heterocycles. The third kappa shape index (κ3) is 4.66. The minimum Gasteiger partial charge on any atom is -0.466 e. The van der Waals surface area contributed by atoms with Crippen molar-refractivity contribution < 1.29 is 14.3 Å². The Kier molecular flexibility index (Phi) is 5.48. The largest absolute Gasteiger partial charge is 0.466 e. The Morgan fingerprint density at radius 1 is 1.14 bits per heavy atom. The van der Waals surface area contributed by atoms with E-state index < -0.39 is 0 Å². The van der Waals surface area contributed by atoms with Crippen molar-refractivity contribution in [3.63, 3.8) is 0 Å². The Bertz CT molecular complexity index is 641. The van der Waals surface area contributed by atoms with Gasteiger partial charge in [-0.2, -0.15) is 0 Å². The van der Waals surface area contributed by atoms with Gasteiger partial charge in [0.25, 0.3) is 0 Å². The maximum Gasteiger partial charge on any atom is 0.310 e. The summed E-state index contributed by atoms with van der Waals surface area (Å²) < 4.78 is 10.6. The maximum atomic E-state index is 11.5. The average Bonchev–Trinajstić information content (AvgIpc) is 2.43. The number of esters is 1. The predicted octanol–water partition coefficient (Wildman–Crippen LogP) is 4.89. The summed E-state index contributed by atoms with van der Waals surface area (Å²) in [6.07, 6.45) is 0.177. The molecular weight excluding hydrogens is 311 g/mol. The van der Waals surface area contributed by atoms with Crippen LogP contribution in [-0.2, 0) is 16.0 Å². The van der Waals surface area contributed by atoms with E-state index in [4.69, 9.17) is 32.7 Å². The molecular formula is C16H14Cl2O3. The summed E-state index contributed by atoms with van der Waals surface area (Å²) in [5.74, 6) is 0.770. The fourth-order valence-corrected chi connectivity index (χ4v) is 2.11. The van der Waals surface area contributed by atoms with E-state index in [1.54, 1.807) is 49.4 Å². The molecule has 0 aromatic heterocycles. The number of hydrogen-bond acceptors (Lipinski definition) is 3. The van der Waals surface area contributed by atoms with E-state index in [2.05, 4.69) is 0 Å². The van der Waals surface area contributed by atoms with Crippen LogP contribution in [0, 0.1) is 0 Å². The first-order chi connectivity index (χ1) is 10.1. The van der Waals surface area contributed by atoms with Crippen molar-refractivity contribution in [2.24, 2.45) is 0 Å². The molecule has 0 unspecified atom stereocenters. The second-order valence-electron chi connectivity index (χ2n) is 4.31. The third-order valence-corrected chi connectivity index (χ3v) is 3.22. The van der Waals surface area contributed by atoms with Crippen LogP contribution in [0.2, 0.25) is 10.0 Å². The lowest BCUT2D eigenvalue weighted by Crippen LogP contribution is -2.07. The van der Waals surface area contributed by atoms with Crippen LogP contribution in [0.5, 0.6) is 11.5 Å². The lowest BCUT2D eigenvalue weighted by Gasteiger charge is -2.10. The molecule has 3 nitrogen and oxygen atoms in total. The number of benzene rings is 2. The summed E-state index contributed by atoms with van der Waals surface area (Å²) in [4.78, 5) is 11.5. The third-order valence-electron chi connectivity index (χ3n) is 2.67. The van der Waals surface area contributed by atoms with Gasteiger partial charge in [-0.15, -0.1) is 0 Å². The summed E-state index contributed by atoms with van der Waals surface area (Å²) in [6, 6.07) is 12.2. The first-order valence-corrected chi connectivity index (χ1v) is 7.21. The zero-order valence-electron chi connectivity index (χ0n) is 11.4. The Labute approximate surface area is 133 Å². The molecule has 0 aliphatic carbocycles. The maximum absolute atomic E-state index is 11.5. The van der Waals surface area contributed by atoms with Gasteiger partial charge < -0.3 is 9.47 Å². The Morgan fingerprint density at radius 2 is 1.95 bits per heavy atom. The standard InChI is InChI=1S/C16H14Cl2O3/c1-2-20-16(19)9-11-6-7-14(18)15(8-11)21-13-5-3-4-12(17)10-13/h3-8,10H,2,9H2,1H3. The van der Waals surface area contributed by atoms with E-state index >= 15 is 0 Å². The second-order valence-corrected chi connectivity index (χ2v) is 5.15. The topological polar surface area (TPSA) is 35.5 Å². The molecule has 0 fully saturated rings. The fraction of sp³-hybridized carbons (Fsp3) is 0.188. The van der Waals surface area contributed by atoms with E-state index in [0.717, 1.165) is 5.56 Å². The molecule has 110 valence electrons. The van der Waals surface area contributed by atoms with Crippen LogP contribution >= 0.6 is 23.2 Å². The minimum atomic E-state index is -0.284. The lowest BCUT2D eigenvalue weighted by molar-refractivity contribution is -0.142. The van der Waals surface area contributed by atoms with Crippen LogP contribution in [0.1, 0.15) is 12.5 Å². The normalized spacial score (nSPS) is 10.2. The molecule has 2 aromatic carbocycles. The van der Waals surface area contributed by atoms with Crippen molar-refractivity contribution in [3.05, 3.63) is 58.1 Å². The first-order valence-electron chi connectivity index (χ1n) is 6.46. The van der Waals surface area contributed by atoms with E-state index in [0.29, 0.717) is 28.2 Å². The van der Waals surface area contributed by atoms with E-state index in [1.165, 1.54) is 0 Å². The van der Waals surface area contributed by atoms with Gasteiger partial charge in [0.2, 0.25) is 0 Å². The van der Waals surface area contributed by atoms with Crippen molar-refractivity contribution >= 4 is 29.2 Å². The molecule has 0 saturated carbocycles. The highest BCUT2D eigenvalue weighted by atomic mass is 35.5. The van der Waals surface area contributed by atoms with Crippen LogP contribution < -0.4 is 4.74 Å². The summed E-state index contributed by atoms with van der Waals surface area (Å²) in [5.41, 5.74) is 0.773. The van der Waals surface area contributed by atoms with Crippen molar-refractivity contribution in [1.29, 1.82) is 0 Å². The molecule has 2 aromatic rings. The fourth-order valence-electron chi connectivity index (χ4n) is 1.77. The zero-order valence-corrected chi connectivity index (χ0v) is 12.9. The average molecular weight is 325 g/mol. The van der Waals surface area contributed by atoms with Gasteiger partial charge in [-0.3, -0.25) is 4.79 Å². The highest BCUT2D eigenvalue weighted by Gasteiger charge is 2.09. The molecule has 0 aliphatic heterocycles. The highest BCUT2D eigenvalue weighted by molar-refractivity contribution is 6.32. The first kappa shape index (κ1) is 15.7. The number of halogens is 2. The second kappa shape index (κ2) is 7.34. The molecule has 0 amide bonds. The Morgan fingerprint density at radius 3 is 2.67 bits per heavy atom. The molecule has 0 atom stereocenters. The summed E-state index contributed by atoms with van der Waals surface area (Å²) >= 11 is 12.0. The minimum absolute atomic E-state index is 0.177. The zero-order chi connectivity index (χ0) is 15.2. The molecule has 0 saturated heterocycles. The van der Waals surface area contributed by atoms with Crippen LogP contribution in [0.3, 0.4) is 0 Å². The van der Waals surface area contributed by atoms with Crippen LogP contribution in [0.25, 0.3) is 0 Å². The van der Waals surface area contributed by atoms with Crippen molar-refractivity contribution in [2.45, 2.75) is 13.3 Å². The highest BCUT2D eigenvalue weighted by Crippen LogP contribution is 2.31. The smallest absolute Gasteiger partial charge is 0.310 e. The van der Waals surface area contributed by atoms with Gasteiger partial charge in [0.1, 0.15) is 11.5 Å². The number of hydrogen-bond donors (Lipinski definition) is 0. The van der Waals surface area contributed by atoms with Gasteiger partial charge in [0.15, 0.2) is 0 Å². The quantitative estimate of drug-likeness (QED) is 0.734. The molecule has 21 heavy (non-hydrogen) atoms. The molecule has 0 radical (unpaired) electrons. The van der Waals surface area contributed by atoms with Gasteiger partial charge in [-0.05, 0) is 42.8 Å². The summed E-state index contributed by atoms with van der Waals surface area (Å²) in [5, 5.41) is 1.04. The van der Waals surface area contributed by atoms with Gasteiger partial charge in [-0.25, -0.2) is 0 Å². The molecule has 0 bridgehead atoms. The summed E-state index contributed by atoms with van der Waals surface area (Å²) in [6.45, 7) is 2.13. The van der Waals surface area contributed by atoms with Crippen molar-refractivity contribution in [1.82, 2.24) is 0 Å². The molecule has 2 rings (SSSR count). The number of ether oxygens (including phenoxy) is 2. The van der Waals surface area contributed by atoms with Crippen LogP contribution in [0.4, 0.5) is 0 Å². The predicted molar refractivity (Wildman–Crippen MR) is 83.3 cm³/mol. The van der Waals surface area contributed by atoms with E-state index in [1.807, 2.05) is 0 Å².